The lowest BCUT2D eigenvalue weighted by atomic mass is 9.72. The largest absolute Gasteiger partial charge is 0.496 e. The number of amides is 4. The van der Waals surface area contributed by atoms with Crippen LogP contribution in [0, 0.1) is 11.3 Å². The van der Waals surface area contributed by atoms with E-state index in [0.29, 0.717) is 53.3 Å². The van der Waals surface area contributed by atoms with Crippen molar-refractivity contribution in [2.24, 2.45) is 17.1 Å². The smallest absolute Gasteiger partial charge is 0.271 e. The minimum atomic E-state index is -0.998. The summed E-state index contributed by atoms with van der Waals surface area (Å²) >= 11 is 6.39. The predicted octanol–water partition coefficient (Wildman–Crippen LogP) is 2.88. The van der Waals surface area contributed by atoms with Crippen LogP contribution in [0.3, 0.4) is 0 Å². The lowest BCUT2D eigenvalue weighted by Crippen LogP contribution is -2.53. The number of carbonyl (C=O) groups is 4. The number of piperidine rings is 1. The summed E-state index contributed by atoms with van der Waals surface area (Å²) < 4.78 is 5.45. The number of H-pyrrole nitrogens is 1. The van der Waals surface area contributed by atoms with Gasteiger partial charge in [0.2, 0.25) is 17.7 Å². The molecule has 0 bridgehead atoms. The van der Waals surface area contributed by atoms with Gasteiger partial charge in [-0.1, -0.05) is 30.9 Å². The first-order chi connectivity index (χ1) is 18.7. The first kappa shape index (κ1) is 27.3. The molecule has 10 nitrogen and oxygen atoms in total. The highest BCUT2D eigenvalue weighted by atomic mass is 35.5. The van der Waals surface area contributed by atoms with Gasteiger partial charge in [-0.05, 0) is 62.1 Å². The maximum Gasteiger partial charge on any atom is 0.271 e. The number of nitrogens with one attached hydrogen (secondary N) is 3. The van der Waals surface area contributed by atoms with Crippen molar-refractivity contribution in [2.45, 2.75) is 69.9 Å². The van der Waals surface area contributed by atoms with Gasteiger partial charge >= 0.3 is 0 Å². The molecule has 1 saturated carbocycles. The van der Waals surface area contributed by atoms with Crippen molar-refractivity contribution in [3.05, 3.63) is 28.9 Å². The molecule has 1 aromatic carbocycles. The molecular weight excluding hydrogens is 522 g/mol. The van der Waals surface area contributed by atoms with E-state index in [-0.39, 0.29) is 23.7 Å². The average molecular weight is 558 g/mol. The average Bonchev–Trinajstić information content (AvgIpc) is 3.53. The molecule has 5 N–H and O–H groups in total. The summed E-state index contributed by atoms with van der Waals surface area (Å²) in [5, 5.41) is 6.75. The molecule has 11 heteroatoms. The van der Waals surface area contributed by atoms with Crippen LogP contribution in [0.15, 0.2) is 18.2 Å². The van der Waals surface area contributed by atoms with Crippen molar-refractivity contribution >= 4 is 46.1 Å². The minimum absolute atomic E-state index is 0.131. The van der Waals surface area contributed by atoms with Gasteiger partial charge in [0.25, 0.3) is 5.91 Å². The van der Waals surface area contributed by atoms with Gasteiger partial charge in [-0.15, -0.1) is 0 Å². The zero-order valence-electron chi connectivity index (χ0n) is 22.2. The summed E-state index contributed by atoms with van der Waals surface area (Å²) in [7, 11) is 1.55. The van der Waals surface area contributed by atoms with Gasteiger partial charge < -0.3 is 31.0 Å². The van der Waals surface area contributed by atoms with Gasteiger partial charge in [0.15, 0.2) is 0 Å². The zero-order chi connectivity index (χ0) is 27.7. The summed E-state index contributed by atoms with van der Waals surface area (Å²) in [6.45, 7) is 1.06. The summed E-state index contributed by atoms with van der Waals surface area (Å²) in [5.41, 5.74) is 6.41. The number of fused-ring (bicyclic) bond motifs is 1. The molecule has 210 valence electrons. The number of primary amides is 1. The summed E-state index contributed by atoms with van der Waals surface area (Å²) in [6.07, 6.45) is 7.22. The van der Waals surface area contributed by atoms with Crippen molar-refractivity contribution < 1.29 is 23.9 Å². The number of hydrogen-bond donors (Lipinski definition) is 4. The highest BCUT2D eigenvalue weighted by Crippen LogP contribution is 2.47. The maximum absolute atomic E-state index is 13.9. The van der Waals surface area contributed by atoms with Gasteiger partial charge in [0.05, 0.1) is 17.6 Å². The fourth-order valence-electron chi connectivity index (χ4n) is 6.63. The highest BCUT2D eigenvalue weighted by Gasteiger charge is 2.49. The molecule has 1 aromatic heterocycles. The Labute approximate surface area is 232 Å². The molecule has 1 unspecified atom stereocenters. The lowest BCUT2D eigenvalue weighted by molar-refractivity contribution is -0.132. The number of ether oxygens (including phenoxy) is 1. The molecule has 1 aliphatic carbocycles. The summed E-state index contributed by atoms with van der Waals surface area (Å²) in [5.74, 6) is -1.36. The molecule has 2 aromatic rings. The standard InChI is InChI=1S/C28H36ClN5O5/c1-39-22-8-7-18(29)23-17(22)13-20(32-23)27(38)34-15-28(9-3-2-4-10-28)14-21(34)26(37)33-19(24(30)35)12-16-6-5-11-31-25(16)36/h7-8,13,16,19,21,32H,2-6,9-12,14-15H2,1H3,(H2,30,35)(H,31,36)(H,33,37)/t16-,19-,21?/m0/s1. The molecule has 4 amide bonds. The van der Waals surface area contributed by atoms with Crippen LogP contribution in [0.2, 0.25) is 5.02 Å². The van der Waals surface area contributed by atoms with Gasteiger partial charge in [-0.25, -0.2) is 0 Å². The van der Waals surface area contributed by atoms with Gasteiger partial charge in [0, 0.05) is 24.4 Å². The second kappa shape index (κ2) is 11.1. The highest BCUT2D eigenvalue weighted by molar-refractivity contribution is 6.35. The maximum atomic E-state index is 13.9. The number of hydrogen-bond acceptors (Lipinski definition) is 5. The van der Waals surface area contributed by atoms with Gasteiger partial charge in [0.1, 0.15) is 23.5 Å². The molecule has 2 aliphatic heterocycles. The Bertz CT molecular complexity index is 1290. The van der Waals surface area contributed by atoms with E-state index >= 15 is 0 Å². The summed E-state index contributed by atoms with van der Waals surface area (Å²) in [4.78, 5) is 57.0. The van der Waals surface area contributed by atoms with Crippen LogP contribution in [-0.4, -0.2) is 65.8 Å². The van der Waals surface area contributed by atoms with Crippen molar-refractivity contribution in [2.75, 3.05) is 20.2 Å². The van der Waals surface area contributed by atoms with E-state index in [1.165, 1.54) is 0 Å². The number of likely N-dealkylation sites (tertiary alicyclic amines) is 1. The molecule has 0 radical (unpaired) electrons. The molecule has 5 rings (SSSR count). The Balaban J connectivity index is 1.41. The van der Waals surface area contributed by atoms with Crippen molar-refractivity contribution in [3.63, 3.8) is 0 Å². The van der Waals surface area contributed by atoms with Crippen LogP contribution < -0.4 is 21.1 Å². The molecule has 39 heavy (non-hydrogen) atoms. The number of halogens is 1. The lowest BCUT2D eigenvalue weighted by Gasteiger charge is -2.32. The van der Waals surface area contributed by atoms with Gasteiger partial charge in [-0.3, -0.25) is 19.2 Å². The quantitative estimate of drug-likeness (QED) is 0.413. The number of aromatic amines is 1. The van der Waals surface area contributed by atoms with Crippen LogP contribution in [0.4, 0.5) is 0 Å². The Hall–Kier alpha value is -3.27. The zero-order valence-corrected chi connectivity index (χ0v) is 22.9. The van der Waals surface area contributed by atoms with E-state index in [1.54, 1.807) is 30.2 Å². The minimum Gasteiger partial charge on any atom is -0.496 e. The van der Waals surface area contributed by atoms with E-state index < -0.39 is 29.8 Å². The topological polar surface area (TPSA) is 147 Å². The molecule has 1 spiro atoms. The first-order valence-corrected chi connectivity index (χ1v) is 14.1. The van der Waals surface area contributed by atoms with Crippen molar-refractivity contribution in [1.82, 2.24) is 20.5 Å². The monoisotopic (exact) mass is 557 g/mol. The van der Waals surface area contributed by atoms with Crippen molar-refractivity contribution in [1.29, 1.82) is 0 Å². The van der Waals surface area contributed by atoms with E-state index in [2.05, 4.69) is 15.6 Å². The SMILES string of the molecule is COc1ccc(Cl)c2[nH]c(C(=O)N3CC4(CCCCC4)CC3C(=O)N[C@@H](C[C@@H]3CCCNC3=O)C(N)=O)cc12. The Morgan fingerprint density at radius 3 is 2.69 bits per heavy atom. The van der Waals surface area contributed by atoms with E-state index in [0.717, 1.165) is 38.5 Å². The third-order valence-electron chi connectivity index (χ3n) is 8.72. The number of rotatable bonds is 7. The summed E-state index contributed by atoms with van der Waals surface area (Å²) in [6, 6.07) is 3.39. The van der Waals surface area contributed by atoms with Crippen LogP contribution in [0.5, 0.6) is 5.75 Å². The fourth-order valence-corrected chi connectivity index (χ4v) is 6.85. The Morgan fingerprint density at radius 2 is 2.00 bits per heavy atom. The second-order valence-corrected chi connectivity index (χ2v) is 11.7. The van der Waals surface area contributed by atoms with Crippen molar-refractivity contribution in [3.8, 4) is 5.75 Å². The molecule has 2 saturated heterocycles. The van der Waals surface area contributed by atoms with Crippen LogP contribution in [0.25, 0.3) is 10.9 Å². The normalized spacial score (nSPS) is 23.4. The number of nitrogens with two attached hydrogens (primary N) is 1. The number of nitrogens with zero attached hydrogens (tertiary/aromatic N) is 1. The number of benzene rings is 1. The third-order valence-corrected chi connectivity index (χ3v) is 9.03. The van der Waals surface area contributed by atoms with E-state index in [4.69, 9.17) is 22.1 Å². The van der Waals surface area contributed by atoms with Crippen LogP contribution in [0.1, 0.15) is 68.3 Å². The molecule has 3 heterocycles. The van der Waals surface area contributed by atoms with Crippen LogP contribution in [-0.2, 0) is 14.4 Å². The molecule has 3 aliphatic rings. The second-order valence-electron chi connectivity index (χ2n) is 11.3. The first-order valence-electron chi connectivity index (χ1n) is 13.7. The van der Waals surface area contributed by atoms with Gasteiger partial charge in [-0.2, -0.15) is 0 Å². The van der Waals surface area contributed by atoms with Crippen LogP contribution >= 0.6 is 11.6 Å². The van der Waals surface area contributed by atoms with E-state index in [1.807, 2.05) is 0 Å². The molecule has 3 atom stereocenters. The Kier molecular flexibility index (Phi) is 7.75. The number of methoxy groups -OCH3 is 1. The Morgan fingerprint density at radius 1 is 1.23 bits per heavy atom. The fraction of sp³-hybridized carbons (Fsp3) is 0.571. The van der Waals surface area contributed by atoms with E-state index in [9.17, 15) is 19.2 Å². The predicted molar refractivity (Wildman–Crippen MR) is 146 cm³/mol. The number of carbonyl (C=O) groups excluding carboxylic acids is 4. The molecule has 3 fully saturated rings. The molecular formula is C28H36ClN5O5. The third kappa shape index (κ3) is 5.44. The number of aromatic nitrogens is 1.